The molecule has 4 aromatic rings. The molecule has 3 aromatic carbocycles. The van der Waals surface area contributed by atoms with Crippen LogP contribution in [0.3, 0.4) is 0 Å². The molecule has 0 aliphatic rings. The standard InChI is InChI=1S/C23H18ClNO3/c1-2-27-16-12-13-20-17(14-16)21(22(28-20)15-8-4-3-5-9-15)23(26)25-19-11-7-6-10-18(19)24/h3-14H,2H2,1H3,(H,25,26). The van der Waals surface area contributed by atoms with Gasteiger partial charge in [-0.05, 0) is 37.3 Å². The van der Waals surface area contributed by atoms with E-state index < -0.39 is 0 Å². The molecule has 0 aliphatic heterocycles. The molecule has 140 valence electrons. The molecule has 0 spiro atoms. The summed E-state index contributed by atoms with van der Waals surface area (Å²) >= 11 is 6.21. The molecule has 0 aliphatic carbocycles. The van der Waals surface area contributed by atoms with Crippen LogP contribution in [0.25, 0.3) is 22.3 Å². The van der Waals surface area contributed by atoms with Crippen molar-refractivity contribution >= 4 is 34.2 Å². The molecule has 0 radical (unpaired) electrons. The maximum atomic E-state index is 13.2. The molecule has 0 saturated heterocycles. The second kappa shape index (κ2) is 7.79. The number of carbonyl (C=O) groups is 1. The second-order valence-electron chi connectivity index (χ2n) is 6.20. The number of rotatable bonds is 5. The number of para-hydroxylation sites is 1. The van der Waals surface area contributed by atoms with Crippen LogP contribution < -0.4 is 10.1 Å². The van der Waals surface area contributed by atoms with E-state index in [1.165, 1.54) is 0 Å². The minimum atomic E-state index is -0.292. The smallest absolute Gasteiger partial charge is 0.260 e. The molecule has 1 N–H and O–H groups in total. The minimum absolute atomic E-state index is 0.292. The monoisotopic (exact) mass is 391 g/mol. The molecule has 5 heteroatoms. The Morgan fingerprint density at radius 1 is 1.04 bits per heavy atom. The lowest BCUT2D eigenvalue weighted by molar-refractivity contribution is 0.102. The third kappa shape index (κ3) is 3.47. The Labute approximate surface area is 167 Å². The molecule has 0 bridgehead atoms. The molecule has 1 heterocycles. The zero-order valence-electron chi connectivity index (χ0n) is 15.2. The number of anilines is 1. The second-order valence-corrected chi connectivity index (χ2v) is 6.60. The van der Waals surface area contributed by atoms with Crippen LogP contribution in [0.4, 0.5) is 5.69 Å². The highest BCUT2D eigenvalue weighted by molar-refractivity contribution is 6.34. The Balaban J connectivity index is 1.86. The van der Waals surface area contributed by atoms with Crippen LogP contribution in [0.5, 0.6) is 5.75 Å². The molecule has 4 rings (SSSR count). The van der Waals surface area contributed by atoms with Crippen molar-refractivity contribution in [2.45, 2.75) is 6.92 Å². The first-order valence-electron chi connectivity index (χ1n) is 8.98. The maximum Gasteiger partial charge on any atom is 0.260 e. The Kier molecular flexibility index (Phi) is 5.04. The van der Waals surface area contributed by atoms with Crippen LogP contribution in [0.15, 0.2) is 77.2 Å². The molecule has 28 heavy (non-hydrogen) atoms. The molecule has 4 nitrogen and oxygen atoms in total. The van der Waals surface area contributed by atoms with Gasteiger partial charge in [0.1, 0.15) is 17.1 Å². The predicted molar refractivity (Wildman–Crippen MR) is 112 cm³/mol. The molecule has 0 fully saturated rings. The van der Waals surface area contributed by atoms with Crippen LogP contribution >= 0.6 is 11.6 Å². The van der Waals surface area contributed by atoms with Crippen LogP contribution in [-0.2, 0) is 0 Å². The Morgan fingerprint density at radius 2 is 1.79 bits per heavy atom. The summed E-state index contributed by atoms with van der Waals surface area (Å²) in [6.45, 7) is 2.45. The highest BCUT2D eigenvalue weighted by atomic mass is 35.5. The first-order chi connectivity index (χ1) is 13.7. The Morgan fingerprint density at radius 3 is 2.54 bits per heavy atom. The van der Waals surface area contributed by atoms with E-state index in [-0.39, 0.29) is 5.91 Å². The van der Waals surface area contributed by atoms with Crippen molar-refractivity contribution in [3.05, 3.63) is 83.4 Å². The first-order valence-corrected chi connectivity index (χ1v) is 9.36. The fourth-order valence-electron chi connectivity index (χ4n) is 3.10. The van der Waals surface area contributed by atoms with E-state index in [1.807, 2.05) is 67.6 Å². The summed E-state index contributed by atoms with van der Waals surface area (Å²) in [5.74, 6) is 0.898. The fourth-order valence-corrected chi connectivity index (χ4v) is 3.28. The summed E-state index contributed by atoms with van der Waals surface area (Å²) in [4.78, 5) is 13.2. The van der Waals surface area contributed by atoms with Gasteiger partial charge in [0.2, 0.25) is 0 Å². The van der Waals surface area contributed by atoms with Crippen molar-refractivity contribution < 1.29 is 13.9 Å². The lowest BCUT2D eigenvalue weighted by Crippen LogP contribution is -2.12. The quantitative estimate of drug-likeness (QED) is 0.428. The molecule has 0 saturated carbocycles. The van der Waals surface area contributed by atoms with Crippen molar-refractivity contribution in [1.29, 1.82) is 0 Å². The molecule has 0 atom stereocenters. The van der Waals surface area contributed by atoms with E-state index in [0.29, 0.717) is 45.4 Å². The molecular formula is C23H18ClNO3. The van der Waals surface area contributed by atoms with Gasteiger partial charge in [-0.3, -0.25) is 4.79 Å². The Bertz CT molecular complexity index is 1140. The third-order valence-corrected chi connectivity index (χ3v) is 4.69. The van der Waals surface area contributed by atoms with Gasteiger partial charge in [-0.1, -0.05) is 54.1 Å². The molecule has 1 aromatic heterocycles. The first kappa shape index (κ1) is 18.1. The minimum Gasteiger partial charge on any atom is -0.494 e. The van der Waals surface area contributed by atoms with Gasteiger partial charge < -0.3 is 14.5 Å². The van der Waals surface area contributed by atoms with Gasteiger partial charge in [0, 0.05) is 10.9 Å². The molecular weight excluding hydrogens is 374 g/mol. The summed E-state index contributed by atoms with van der Waals surface area (Å²) in [5, 5.41) is 4.06. The number of hydrogen-bond donors (Lipinski definition) is 1. The zero-order valence-corrected chi connectivity index (χ0v) is 16.0. The summed E-state index contributed by atoms with van der Waals surface area (Å²) in [5.41, 5.74) is 2.43. The lowest BCUT2D eigenvalue weighted by Gasteiger charge is -2.08. The van der Waals surface area contributed by atoms with Gasteiger partial charge in [0.25, 0.3) is 5.91 Å². The van der Waals surface area contributed by atoms with Gasteiger partial charge >= 0.3 is 0 Å². The zero-order chi connectivity index (χ0) is 19.5. The van der Waals surface area contributed by atoms with Gasteiger partial charge in [-0.2, -0.15) is 0 Å². The number of ether oxygens (including phenoxy) is 1. The Hall–Kier alpha value is -3.24. The van der Waals surface area contributed by atoms with Crippen LogP contribution in [0.1, 0.15) is 17.3 Å². The van der Waals surface area contributed by atoms with Gasteiger partial charge in [0.15, 0.2) is 0 Å². The molecule has 0 unspecified atom stereocenters. The predicted octanol–water partition coefficient (Wildman–Crippen LogP) is 6.40. The summed E-state index contributed by atoms with van der Waals surface area (Å²) in [7, 11) is 0. The molecule has 1 amide bonds. The van der Waals surface area contributed by atoms with Crippen molar-refractivity contribution in [2.75, 3.05) is 11.9 Å². The normalized spacial score (nSPS) is 10.8. The maximum absolute atomic E-state index is 13.2. The number of carbonyl (C=O) groups excluding carboxylic acids is 1. The summed E-state index contributed by atoms with van der Waals surface area (Å²) in [6.07, 6.45) is 0. The number of fused-ring (bicyclic) bond motifs is 1. The van der Waals surface area contributed by atoms with Crippen molar-refractivity contribution in [2.24, 2.45) is 0 Å². The average Bonchev–Trinajstić information content (AvgIpc) is 3.09. The number of nitrogens with one attached hydrogen (secondary N) is 1. The third-order valence-electron chi connectivity index (χ3n) is 4.36. The van der Waals surface area contributed by atoms with Crippen LogP contribution in [0.2, 0.25) is 5.02 Å². The van der Waals surface area contributed by atoms with Crippen molar-refractivity contribution in [3.8, 4) is 17.1 Å². The number of benzene rings is 3. The number of halogens is 1. The van der Waals surface area contributed by atoms with Crippen molar-refractivity contribution in [1.82, 2.24) is 0 Å². The lowest BCUT2D eigenvalue weighted by atomic mass is 10.0. The SMILES string of the molecule is CCOc1ccc2oc(-c3ccccc3)c(C(=O)Nc3ccccc3Cl)c2c1. The van der Waals surface area contributed by atoms with Gasteiger partial charge in [-0.15, -0.1) is 0 Å². The van der Waals surface area contributed by atoms with E-state index in [9.17, 15) is 4.79 Å². The number of amides is 1. The van der Waals surface area contributed by atoms with Crippen LogP contribution in [0, 0.1) is 0 Å². The van der Waals surface area contributed by atoms with E-state index in [2.05, 4.69) is 5.32 Å². The van der Waals surface area contributed by atoms with E-state index in [1.54, 1.807) is 12.1 Å². The fraction of sp³-hybridized carbons (Fsp3) is 0.0870. The largest absolute Gasteiger partial charge is 0.494 e. The van der Waals surface area contributed by atoms with E-state index in [0.717, 1.165) is 5.56 Å². The number of furan rings is 1. The number of hydrogen-bond acceptors (Lipinski definition) is 3. The van der Waals surface area contributed by atoms with E-state index >= 15 is 0 Å². The summed E-state index contributed by atoms with van der Waals surface area (Å²) in [6, 6.07) is 22.2. The van der Waals surface area contributed by atoms with E-state index in [4.69, 9.17) is 20.8 Å². The topological polar surface area (TPSA) is 51.5 Å². The highest BCUT2D eigenvalue weighted by Gasteiger charge is 2.23. The van der Waals surface area contributed by atoms with Gasteiger partial charge in [0.05, 0.1) is 22.9 Å². The van der Waals surface area contributed by atoms with Crippen molar-refractivity contribution in [3.63, 3.8) is 0 Å². The van der Waals surface area contributed by atoms with Crippen LogP contribution in [-0.4, -0.2) is 12.5 Å². The average molecular weight is 392 g/mol. The van der Waals surface area contributed by atoms with Gasteiger partial charge in [-0.25, -0.2) is 0 Å². The summed E-state index contributed by atoms with van der Waals surface area (Å²) < 4.78 is 11.7. The highest BCUT2D eigenvalue weighted by Crippen LogP contribution is 2.36.